The maximum Gasteiger partial charge on any atom is 0.305 e. The summed E-state index contributed by atoms with van der Waals surface area (Å²) in [4.78, 5) is 11.3. The van der Waals surface area contributed by atoms with Gasteiger partial charge in [0.15, 0.2) is 0 Å². The fraction of sp³-hybridized carbons (Fsp3) is 0.769. The van der Waals surface area contributed by atoms with Gasteiger partial charge in [-0.1, -0.05) is 38.8 Å². The Balaban J connectivity index is 2.45. The second-order valence-corrected chi connectivity index (χ2v) is 4.68. The van der Waals surface area contributed by atoms with E-state index in [2.05, 4.69) is 26.0 Å². The predicted octanol–water partition coefficient (Wildman–Crippen LogP) is 3.32. The fourth-order valence-electron chi connectivity index (χ4n) is 1.78. The van der Waals surface area contributed by atoms with Gasteiger partial charge < -0.3 is 4.74 Å². The summed E-state index contributed by atoms with van der Waals surface area (Å²) in [5, 5.41) is 0. The van der Waals surface area contributed by atoms with E-state index in [0.717, 1.165) is 25.2 Å². The highest BCUT2D eigenvalue weighted by atomic mass is 16.5. The molecule has 1 rings (SSSR count). The summed E-state index contributed by atoms with van der Waals surface area (Å²) in [6.07, 6.45) is 9.45. The number of ether oxygens (including phenoxy) is 1. The number of allylic oxidation sites excluding steroid dienone is 1. The SMILES string of the molecule is CC1C=CCC(C)CCCCC(=O)OC1. The largest absolute Gasteiger partial charge is 0.465 e. The highest BCUT2D eigenvalue weighted by Gasteiger charge is 2.08. The summed E-state index contributed by atoms with van der Waals surface area (Å²) in [6.45, 7) is 4.89. The molecule has 0 radical (unpaired) electrons. The lowest BCUT2D eigenvalue weighted by molar-refractivity contribution is -0.144. The molecule has 1 aliphatic rings. The van der Waals surface area contributed by atoms with Crippen LogP contribution in [0.2, 0.25) is 0 Å². The Labute approximate surface area is 92.7 Å². The number of carbonyl (C=O) groups is 1. The lowest BCUT2D eigenvalue weighted by Gasteiger charge is -2.12. The van der Waals surface area contributed by atoms with Crippen molar-refractivity contribution in [1.82, 2.24) is 0 Å². The Kier molecular flexibility index (Phi) is 5.44. The van der Waals surface area contributed by atoms with Crippen LogP contribution in [0.15, 0.2) is 12.2 Å². The first kappa shape index (κ1) is 12.3. The van der Waals surface area contributed by atoms with E-state index in [0.29, 0.717) is 18.9 Å². The quantitative estimate of drug-likeness (QED) is 0.453. The minimum atomic E-state index is -0.0384. The molecule has 2 nitrogen and oxygen atoms in total. The van der Waals surface area contributed by atoms with Gasteiger partial charge in [-0.25, -0.2) is 0 Å². The molecule has 2 heteroatoms. The molecule has 0 aromatic heterocycles. The van der Waals surface area contributed by atoms with E-state index in [4.69, 9.17) is 4.74 Å². The summed E-state index contributed by atoms with van der Waals surface area (Å²) < 4.78 is 5.16. The van der Waals surface area contributed by atoms with Crippen LogP contribution >= 0.6 is 0 Å². The Morgan fingerprint density at radius 3 is 2.93 bits per heavy atom. The van der Waals surface area contributed by atoms with E-state index in [9.17, 15) is 4.79 Å². The number of hydrogen-bond donors (Lipinski definition) is 0. The number of carbonyl (C=O) groups excluding carboxylic acids is 1. The molecule has 0 aromatic carbocycles. The molecule has 0 saturated heterocycles. The standard InChI is InChI=1S/C13H22O2/c1-11-6-3-4-9-13(14)15-10-12(2)8-5-7-11/h5,8,11-12H,3-4,6-7,9-10H2,1-2H3. The zero-order valence-electron chi connectivity index (χ0n) is 9.87. The summed E-state index contributed by atoms with van der Waals surface area (Å²) in [5.41, 5.74) is 0. The fourth-order valence-corrected chi connectivity index (χ4v) is 1.78. The van der Waals surface area contributed by atoms with Crippen LogP contribution in [0.5, 0.6) is 0 Å². The van der Waals surface area contributed by atoms with Gasteiger partial charge >= 0.3 is 5.97 Å². The van der Waals surface area contributed by atoms with Crippen LogP contribution < -0.4 is 0 Å². The monoisotopic (exact) mass is 210 g/mol. The van der Waals surface area contributed by atoms with Gasteiger partial charge in [0.05, 0.1) is 6.61 Å². The number of esters is 1. The zero-order valence-corrected chi connectivity index (χ0v) is 9.87. The van der Waals surface area contributed by atoms with Gasteiger partial charge in [-0.05, 0) is 18.8 Å². The molecular weight excluding hydrogens is 188 g/mol. The topological polar surface area (TPSA) is 26.3 Å². The van der Waals surface area contributed by atoms with E-state index in [1.165, 1.54) is 6.42 Å². The Bertz CT molecular complexity index is 221. The van der Waals surface area contributed by atoms with Crippen molar-refractivity contribution in [2.45, 2.75) is 46.0 Å². The van der Waals surface area contributed by atoms with Crippen molar-refractivity contribution in [2.75, 3.05) is 6.61 Å². The van der Waals surface area contributed by atoms with Crippen LogP contribution in [0.3, 0.4) is 0 Å². The third kappa shape index (κ3) is 5.60. The molecular formula is C13H22O2. The summed E-state index contributed by atoms with van der Waals surface area (Å²) >= 11 is 0. The lowest BCUT2D eigenvalue weighted by atomic mass is 9.98. The van der Waals surface area contributed by atoms with Crippen LogP contribution in [-0.4, -0.2) is 12.6 Å². The molecule has 0 amide bonds. The minimum Gasteiger partial charge on any atom is -0.465 e. The van der Waals surface area contributed by atoms with Crippen molar-refractivity contribution >= 4 is 5.97 Å². The van der Waals surface area contributed by atoms with E-state index in [-0.39, 0.29) is 5.97 Å². The highest BCUT2D eigenvalue weighted by Crippen LogP contribution is 2.15. The van der Waals surface area contributed by atoms with E-state index in [1.54, 1.807) is 0 Å². The van der Waals surface area contributed by atoms with Crippen molar-refractivity contribution in [1.29, 1.82) is 0 Å². The molecule has 0 fully saturated rings. The van der Waals surface area contributed by atoms with Gasteiger partial charge in [-0.15, -0.1) is 0 Å². The van der Waals surface area contributed by atoms with Crippen LogP contribution in [0.1, 0.15) is 46.0 Å². The number of cyclic esters (lactones) is 1. The maximum absolute atomic E-state index is 11.3. The van der Waals surface area contributed by atoms with Crippen LogP contribution in [0.4, 0.5) is 0 Å². The minimum absolute atomic E-state index is 0.0384. The highest BCUT2D eigenvalue weighted by molar-refractivity contribution is 5.69. The molecule has 0 saturated carbocycles. The second kappa shape index (κ2) is 6.65. The Hall–Kier alpha value is -0.790. The molecule has 1 heterocycles. The molecule has 2 unspecified atom stereocenters. The predicted molar refractivity (Wildman–Crippen MR) is 61.5 cm³/mol. The molecule has 0 aliphatic carbocycles. The molecule has 0 N–H and O–H groups in total. The van der Waals surface area contributed by atoms with Crippen LogP contribution in [-0.2, 0) is 9.53 Å². The average molecular weight is 210 g/mol. The summed E-state index contributed by atoms with van der Waals surface area (Å²) in [7, 11) is 0. The van der Waals surface area contributed by atoms with Crippen molar-refractivity contribution in [3.05, 3.63) is 12.2 Å². The van der Waals surface area contributed by atoms with E-state index < -0.39 is 0 Å². The van der Waals surface area contributed by atoms with E-state index in [1.807, 2.05) is 0 Å². The normalized spacial score (nSPS) is 30.1. The molecule has 0 bridgehead atoms. The van der Waals surface area contributed by atoms with Gasteiger partial charge in [-0.2, -0.15) is 0 Å². The third-order valence-corrected chi connectivity index (χ3v) is 2.84. The number of rotatable bonds is 0. The van der Waals surface area contributed by atoms with Gasteiger partial charge in [0.1, 0.15) is 0 Å². The maximum atomic E-state index is 11.3. The molecule has 2 atom stereocenters. The third-order valence-electron chi connectivity index (χ3n) is 2.84. The van der Waals surface area contributed by atoms with Crippen LogP contribution in [0, 0.1) is 11.8 Å². The first-order chi connectivity index (χ1) is 7.18. The van der Waals surface area contributed by atoms with Crippen molar-refractivity contribution in [3.63, 3.8) is 0 Å². The van der Waals surface area contributed by atoms with Crippen LogP contribution in [0.25, 0.3) is 0 Å². The second-order valence-electron chi connectivity index (χ2n) is 4.68. The Morgan fingerprint density at radius 2 is 2.13 bits per heavy atom. The molecule has 0 spiro atoms. The average Bonchev–Trinajstić information content (AvgIpc) is 2.20. The van der Waals surface area contributed by atoms with Crippen molar-refractivity contribution in [2.24, 2.45) is 11.8 Å². The summed E-state index contributed by atoms with van der Waals surface area (Å²) in [5.74, 6) is 1.05. The molecule has 1 aliphatic heterocycles. The van der Waals surface area contributed by atoms with Crippen molar-refractivity contribution < 1.29 is 9.53 Å². The van der Waals surface area contributed by atoms with E-state index >= 15 is 0 Å². The van der Waals surface area contributed by atoms with Gasteiger partial charge in [0, 0.05) is 12.3 Å². The smallest absolute Gasteiger partial charge is 0.305 e. The lowest BCUT2D eigenvalue weighted by Crippen LogP contribution is -2.11. The first-order valence-corrected chi connectivity index (χ1v) is 6.00. The zero-order chi connectivity index (χ0) is 11.1. The molecule has 86 valence electrons. The van der Waals surface area contributed by atoms with Gasteiger partial charge in [0.2, 0.25) is 0 Å². The number of hydrogen-bond acceptors (Lipinski definition) is 2. The van der Waals surface area contributed by atoms with Gasteiger partial charge in [0.25, 0.3) is 0 Å². The molecule has 15 heavy (non-hydrogen) atoms. The Morgan fingerprint density at radius 1 is 1.33 bits per heavy atom. The molecule has 0 aromatic rings. The van der Waals surface area contributed by atoms with Gasteiger partial charge in [-0.3, -0.25) is 4.79 Å². The van der Waals surface area contributed by atoms with Crippen molar-refractivity contribution in [3.8, 4) is 0 Å². The first-order valence-electron chi connectivity index (χ1n) is 6.00. The summed E-state index contributed by atoms with van der Waals surface area (Å²) in [6, 6.07) is 0.